The third-order valence-corrected chi connectivity index (χ3v) is 4.78. The second-order valence-electron chi connectivity index (χ2n) is 4.12. The zero-order valence-corrected chi connectivity index (χ0v) is 13.7. The highest BCUT2D eigenvalue weighted by Crippen LogP contribution is 2.17. The van der Waals surface area contributed by atoms with Gasteiger partial charge in [0, 0.05) is 10.7 Å². The Labute approximate surface area is 135 Å². The number of aromatic nitrogens is 1. The number of nitrogens with one attached hydrogen (secondary N) is 1. The van der Waals surface area contributed by atoms with Gasteiger partial charge in [-0.1, -0.05) is 39.7 Å². The van der Waals surface area contributed by atoms with E-state index < -0.39 is 15.9 Å². The van der Waals surface area contributed by atoms with Crippen LogP contribution in [0.15, 0.2) is 52.1 Å². The van der Waals surface area contributed by atoms with Crippen molar-refractivity contribution in [3.8, 4) is 0 Å². The van der Waals surface area contributed by atoms with Gasteiger partial charge in [0.15, 0.2) is 5.03 Å². The number of amides is 1. The molecule has 1 aromatic carbocycles. The number of hydrogen-bond acceptors (Lipinski definition) is 4. The summed E-state index contributed by atoms with van der Waals surface area (Å²) in [4.78, 5) is 15.5. The average molecular weight is 390 g/mol. The summed E-state index contributed by atoms with van der Waals surface area (Å²) in [6.45, 7) is 0. The van der Waals surface area contributed by atoms with Crippen LogP contribution in [0.5, 0.6) is 0 Å². The van der Waals surface area contributed by atoms with Crippen molar-refractivity contribution in [1.29, 1.82) is 0 Å². The monoisotopic (exact) mass is 388 g/mol. The standard InChI is InChI=1S/C13H10BrClN2O3S/c14-10-5-3-9(4-6-10)8-12(18)17-21(19,20)13-11(15)2-1-7-16-13/h1-7H,8H2,(H,17,18). The van der Waals surface area contributed by atoms with E-state index in [1.54, 1.807) is 24.3 Å². The number of nitrogens with zero attached hydrogens (tertiary/aromatic N) is 1. The van der Waals surface area contributed by atoms with Crippen molar-refractivity contribution in [1.82, 2.24) is 9.71 Å². The van der Waals surface area contributed by atoms with Gasteiger partial charge in [0.25, 0.3) is 10.0 Å². The molecule has 0 atom stereocenters. The third kappa shape index (κ3) is 4.26. The summed E-state index contributed by atoms with van der Waals surface area (Å²) in [6, 6.07) is 9.89. The van der Waals surface area contributed by atoms with Gasteiger partial charge in [-0.05, 0) is 29.8 Å². The number of hydrogen-bond donors (Lipinski definition) is 1. The van der Waals surface area contributed by atoms with Crippen LogP contribution in [0, 0.1) is 0 Å². The summed E-state index contributed by atoms with van der Waals surface area (Å²) in [6.07, 6.45) is 1.23. The molecule has 2 aromatic rings. The molecule has 0 spiro atoms. The molecule has 110 valence electrons. The molecule has 0 fully saturated rings. The maximum Gasteiger partial charge on any atom is 0.283 e. The molecular weight excluding hydrogens is 380 g/mol. The second-order valence-corrected chi connectivity index (χ2v) is 7.04. The fourth-order valence-corrected chi connectivity index (χ4v) is 3.27. The summed E-state index contributed by atoms with van der Waals surface area (Å²) in [7, 11) is -4.07. The van der Waals surface area contributed by atoms with E-state index in [9.17, 15) is 13.2 Å². The molecule has 5 nitrogen and oxygen atoms in total. The Balaban J connectivity index is 2.12. The van der Waals surface area contributed by atoms with Gasteiger partial charge >= 0.3 is 0 Å². The lowest BCUT2D eigenvalue weighted by atomic mass is 10.1. The molecule has 1 heterocycles. The molecule has 0 aliphatic carbocycles. The molecule has 1 amide bonds. The number of carbonyl (C=O) groups is 1. The van der Waals surface area contributed by atoms with Crippen LogP contribution in [0.25, 0.3) is 0 Å². The van der Waals surface area contributed by atoms with Gasteiger partial charge in [0.05, 0.1) is 11.4 Å². The van der Waals surface area contributed by atoms with Gasteiger partial charge in [-0.2, -0.15) is 8.42 Å². The summed E-state index contributed by atoms with van der Waals surface area (Å²) >= 11 is 9.05. The Hall–Kier alpha value is -1.44. The quantitative estimate of drug-likeness (QED) is 0.872. The first-order valence-corrected chi connectivity index (χ1v) is 8.44. The van der Waals surface area contributed by atoms with Crippen LogP contribution in [0.3, 0.4) is 0 Å². The van der Waals surface area contributed by atoms with Crippen molar-refractivity contribution in [2.45, 2.75) is 11.4 Å². The van der Waals surface area contributed by atoms with E-state index >= 15 is 0 Å². The molecule has 2 rings (SSSR count). The van der Waals surface area contributed by atoms with E-state index in [1.165, 1.54) is 18.3 Å². The minimum atomic E-state index is -4.07. The zero-order chi connectivity index (χ0) is 15.5. The van der Waals surface area contributed by atoms with Gasteiger partial charge in [-0.15, -0.1) is 0 Å². The Bertz CT molecular complexity index is 763. The normalized spacial score (nSPS) is 11.1. The highest BCUT2D eigenvalue weighted by atomic mass is 79.9. The van der Waals surface area contributed by atoms with Crippen molar-refractivity contribution in [3.63, 3.8) is 0 Å². The average Bonchev–Trinajstić information content (AvgIpc) is 2.41. The molecule has 0 aliphatic heterocycles. The van der Waals surface area contributed by atoms with Crippen molar-refractivity contribution in [2.75, 3.05) is 0 Å². The van der Waals surface area contributed by atoms with Gasteiger partial charge in [0.1, 0.15) is 0 Å². The van der Waals surface area contributed by atoms with Crippen LogP contribution in [-0.2, 0) is 21.2 Å². The molecule has 0 saturated carbocycles. The minimum Gasteiger partial charge on any atom is -0.274 e. The smallest absolute Gasteiger partial charge is 0.274 e. The van der Waals surface area contributed by atoms with Crippen LogP contribution in [0.4, 0.5) is 0 Å². The highest BCUT2D eigenvalue weighted by Gasteiger charge is 2.21. The fourth-order valence-electron chi connectivity index (χ4n) is 1.59. The lowest BCUT2D eigenvalue weighted by Gasteiger charge is -2.07. The maximum atomic E-state index is 12.0. The van der Waals surface area contributed by atoms with E-state index in [2.05, 4.69) is 20.9 Å². The molecule has 0 aliphatic rings. The van der Waals surface area contributed by atoms with E-state index in [0.717, 1.165) is 4.47 Å². The molecule has 8 heteroatoms. The van der Waals surface area contributed by atoms with Crippen LogP contribution in [0.2, 0.25) is 5.02 Å². The Kier molecular flexibility index (Phi) is 4.97. The second kappa shape index (κ2) is 6.55. The molecular formula is C13H10BrClN2O3S. The molecule has 21 heavy (non-hydrogen) atoms. The van der Waals surface area contributed by atoms with Crippen LogP contribution in [-0.4, -0.2) is 19.3 Å². The lowest BCUT2D eigenvalue weighted by Crippen LogP contribution is -2.32. The number of benzene rings is 1. The van der Waals surface area contributed by atoms with Crippen molar-refractivity contribution >= 4 is 43.5 Å². The Morgan fingerprint density at radius 2 is 1.90 bits per heavy atom. The number of sulfonamides is 1. The first-order chi connectivity index (χ1) is 9.88. The van der Waals surface area contributed by atoms with Crippen molar-refractivity contribution in [2.24, 2.45) is 0 Å². The molecule has 1 N–H and O–H groups in total. The molecule has 0 radical (unpaired) electrons. The van der Waals surface area contributed by atoms with Gasteiger partial charge < -0.3 is 0 Å². The van der Waals surface area contributed by atoms with E-state index in [0.29, 0.717) is 5.56 Å². The topological polar surface area (TPSA) is 76.1 Å². The van der Waals surface area contributed by atoms with Crippen LogP contribution in [0.1, 0.15) is 5.56 Å². The SMILES string of the molecule is O=C(Cc1ccc(Br)cc1)NS(=O)(=O)c1ncccc1Cl. The largest absolute Gasteiger partial charge is 0.283 e. The fraction of sp³-hybridized carbons (Fsp3) is 0.0769. The van der Waals surface area contributed by atoms with Gasteiger partial charge in [0.2, 0.25) is 5.91 Å². The molecule has 1 aromatic heterocycles. The number of rotatable bonds is 4. The van der Waals surface area contributed by atoms with Crippen molar-refractivity contribution in [3.05, 3.63) is 57.7 Å². The summed E-state index contributed by atoms with van der Waals surface area (Å²) < 4.78 is 26.9. The summed E-state index contributed by atoms with van der Waals surface area (Å²) in [5.41, 5.74) is 0.693. The van der Waals surface area contributed by atoms with E-state index in [1.807, 2.05) is 4.72 Å². The minimum absolute atomic E-state index is 0.0403. The van der Waals surface area contributed by atoms with Crippen molar-refractivity contribution < 1.29 is 13.2 Å². The predicted molar refractivity (Wildman–Crippen MR) is 82.4 cm³/mol. The Morgan fingerprint density at radius 3 is 2.52 bits per heavy atom. The van der Waals surface area contributed by atoms with Crippen LogP contribution >= 0.6 is 27.5 Å². The van der Waals surface area contributed by atoms with E-state index in [-0.39, 0.29) is 16.5 Å². The van der Waals surface area contributed by atoms with Crippen LogP contribution < -0.4 is 4.72 Å². The zero-order valence-electron chi connectivity index (χ0n) is 10.6. The third-order valence-electron chi connectivity index (χ3n) is 2.51. The molecule has 0 bridgehead atoms. The lowest BCUT2D eigenvalue weighted by molar-refractivity contribution is -0.118. The summed E-state index contributed by atoms with van der Waals surface area (Å²) in [5, 5.41) is -0.405. The highest BCUT2D eigenvalue weighted by molar-refractivity contribution is 9.10. The Morgan fingerprint density at radius 1 is 1.24 bits per heavy atom. The van der Waals surface area contributed by atoms with Gasteiger partial charge in [-0.3, -0.25) is 4.79 Å². The molecule has 0 unspecified atom stereocenters. The number of carbonyl (C=O) groups excluding carboxylic acids is 1. The summed E-state index contributed by atoms with van der Waals surface area (Å²) in [5.74, 6) is -0.654. The number of halogens is 2. The predicted octanol–water partition coefficient (Wildman–Crippen LogP) is 2.55. The maximum absolute atomic E-state index is 12.0. The molecule has 0 saturated heterocycles. The first-order valence-electron chi connectivity index (χ1n) is 5.79. The van der Waals surface area contributed by atoms with Gasteiger partial charge in [-0.25, -0.2) is 9.71 Å². The number of pyridine rings is 1. The first kappa shape index (κ1) is 15.9. The van der Waals surface area contributed by atoms with E-state index in [4.69, 9.17) is 11.6 Å².